The molecule has 1 aliphatic rings. The third-order valence-corrected chi connectivity index (χ3v) is 7.21. The molecule has 1 heterocycles. The van der Waals surface area contributed by atoms with Crippen molar-refractivity contribution in [1.82, 2.24) is 0 Å². The first-order valence-electron chi connectivity index (χ1n) is 6.58. The standard InChI is InChI=1S/C14H20Br2S/c1-10-9-12(15)14(17-10)13(16)11-7-5-3-2-4-6-8-11/h9,11,13H,2-8H2,1H3. The molecule has 1 aliphatic carbocycles. The summed E-state index contributed by atoms with van der Waals surface area (Å²) in [5.74, 6) is 0.824. The summed E-state index contributed by atoms with van der Waals surface area (Å²) in [5, 5.41) is 0. The van der Waals surface area contributed by atoms with Gasteiger partial charge in [0.25, 0.3) is 0 Å². The average Bonchev–Trinajstić information content (AvgIpc) is 2.56. The summed E-state index contributed by atoms with van der Waals surface area (Å²) >= 11 is 9.59. The normalized spacial score (nSPS) is 20.9. The smallest absolute Gasteiger partial charge is 0.0528 e. The van der Waals surface area contributed by atoms with Crippen molar-refractivity contribution in [3.8, 4) is 0 Å². The summed E-state index contributed by atoms with van der Waals surface area (Å²) < 4.78 is 1.30. The monoisotopic (exact) mass is 378 g/mol. The molecule has 1 aromatic heterocycles. The van der Waals surface area contributed by atoms with Crippen molar-refractivity contribution in [1.29, 1.82) is 0 Å². The largest absolute Gasteiger partial charge is 0.143 e. The van der Waals surface area contributed by atoms with E-state index >= 15 is 0 Å². The van der Waals surface area contributed by atoms with E-state index in [2.05, 4.69) is 44.8 Å². The molecule has 0 aromatic carbocycles. The summed E-state index contributed by atoms with van der Waals surface area (Å²) in [5.41, 5.74) is 0. The lowest BCUT2D eigenvalue weighted by atomic mass is 9.88. The Balaban J connectivity index is 2.06. The van der Waals surface area contributed by atoms with Crippen molar-refractivity contribution in [2.45, 2.75) is 56.7 Å². The molecule has 0 radical (unpaired) electrons. The Morgan fingerprint density at radius 1 is 1.18 bits per heavy atom. The highest BCUT2D eigenvalue weighted by molar-refractivity contribution is 9.11. The summed E-state index contributed by atoms with van der Waals surface area (Å²) in [6.07, 6.45) is 9.91. The van der Waals surface area contributed by atoms with Crippen LogP contribution in [0.1, 0.15) is 59.5 Å². The number of hydrogen-bond acceptors (Lipinski definition) is 1. The number of aryl methyl sites for hydroxylation is 1. The van der Waals surface area contributed by atoms with E-state index in [1.165, 1.54) is 59.2 Å². The lowest BCUT2D eigenvalue weighted by Crippen LogP contribution is -2.09. The van der Waals surface area contributed by atoms with Crippen molar-refractivity contribution in [2.24, 2.45) is 5.92 Å². The molecule has 0 spiro atoms. The van der Waals surface area contributed by atoms with Crippen LogP contribution in [0.2, 0.25) is 0 Å². The van der Waals surface area contributed by atoms with Gasteiger partial charge in [-0.2, -0.15) is 0 Å². The predicted octanol–water partition coefficient (Wildman–Crippen LogP) is 6.62. The molecular weight excluding hydrogens is 360 g/mol. The highest BCUT2D eigenvalue weighted by Crippen LogP contribution is 2.44. The number of alkyl halides is 1. The van der Waals surface area contributed by atoms with Gasteiger partial charge < -0.3 is 0 Å². The molecule has 0 amide bonds. The van der Waals surface area contributed by atoms with E-state index in [4.69, 9.17) is 0 Å². The van der Waals surface area contributed by atoms with Crippen LogP contribution < -0.4 is 0 Å². The Morgan fingerprint density at radius 3 is 2.29 bits per heavy atom. The van der Waals surface area contributed by atoms with Crippen molar-refractivity contribution in [2.75, 3.05) is 0 Å². The maximum atomic E-state index is 3.95. The zero-order chi connectivity index (χ0) is 12.3. The molecular formula is C14H20Br2S. The van der Waals surface area contributed by atoms with Crippen LogP contribution in [0.25, 0.3) is 0 Å². The van der Waals surface area contributed by atoms with Gasteiger partial charge in [0.1, 0.15) is 0 Å². The molecule has 1 fully saturated rings. The van der Waals surface area contributed by atoms with Crippen LogP contribution in [-0.4, -0.2) is 0 Å². The number of rotatable bonds is 2. The first-order chi connectivity index (χ1) is 8.18. The third-order valence-electron chi connectivity index (χ3n) is 3.65. The first kappa shape index (κ1) is 14.1. The first-order valence-corrected chi connectivity index (χ1v) is 9.11. The van der Waals surface area contributed by atoms with E-state index in [0.717, 1.165) is 5.92 Å². The molecule has 1 unspecified atom stereocenters. The minimum absolute atomic E-state index is 0.550. The van der Waals surface area contributed by atoms with Gasteiger partial charge in [0, 0.05) is 14.2 Å². The average molecular weight is 380 g/mol. The molecule has 1 saturated carbocycles. The second-order valence-electron chi connectivity index (χ2n) is 5.08. The Labute approximate surface area is 125 Å². The zero-order valence-corrected chi connectivity index (χ0v) is 14.3. The molecule has 2 rings (SSSR count). The topological polar surface area (TPSA) is 0 Å². The second-order valence-corrected chi connectivity index (χ2v) is 8.20. The van der Waals surface area contributed by atoms with Crippen molar-refractivity contribution < 1.29 is 0 Å². The predicted molar refractivity (Wildman–Crippen MR) is 84.2 cm³/mol. The van der Waals surface area contributed by atoms with Crippen molar-refractivity contribution >= 4 is 43.2 Å². The maximum Gasteiger partial charge on any atom is 0.0528 e. The Kier molecular flexibility index (Phi) is 5.56. The van der Waals surface area contributed by atoms with Gasteiger partial charge in [-0.05, 0) is 47.7 Å². The lowest BCUT2D eigenvalue weighted by molar-refractivity contribution is 0.376. The van der Waals surface area contributed by atoms with Gasteiger partial charge in [-0.3, -0.25) is 0 Å². The molecule has 0 bridgehead atoms. The van der Waals surface area contributed by atoms with Crippen LogP contribution in [0.15, 0.2) is 10.5 Å². The summed E-state index contributed by atoms with van der Waals surface area (Å²) in [6.45, 7) is 2.19. The fourth-order valence-electron chi connectivity index (χ4n) is 2.68. The van der Waals surface area contributed by atoms with Crippen LogP contribution in [0, 0.1) is 12.8 Å². The Morgan fingerprint density at radius 2 is 1.76 bits per heavy atom. The molecule has 17 heavy (non-hydrogen) atoms. The molecule has 0 N–H and O–H groups in total. The number of thiophene rings is 1. The lowest BCUT2D eigenvalue weighted by Gasteiger charge is -2.24. The van der Waals surface area contributed by atoms with E-state index in [1.807, 2.05) is 11.3 Å². The van der Waals surface area contributed by atoms with Crippen LogP contribution in [0.4, 0.5) is 0 Å². The van der Waals surface area contributed by atoms with Crippen LogP contribution in [0.3, 0.4) is 0 Å². The summed E-state index contributed by atoms with van der Waals surface area (Å²) in [4.78, 5) is 3.45. The minimum atomic E-state index is 0.550. The fourth-order valence-corrected chi connectivity index (χ4v) is 6.02. The Hall–Kier alpha value is 0.660. The van der Waals surface area contributed by atoms with Crippen molar-refractivity contribution in [3.63, 3.8) is 0 Å². The highest BCUT2D eigenvalue weighted by Gasteiger charge is 2.24. The van der Waals surface area contributed by atoms with Crippen LogP contribution in [-0.2, 0) is 0 Å². The highest BCUT2D eigenvalue weighted by atomic mass is 79.9. The van der Waals surface area contributed by atoms with E-state index in [0.29, 0.717) is 4.83 Å². The number of halogens is 2. The van der Waals surface area contributed by atoms with Gasteiger partial charge in [0.2, 0.25) is 0 Å². The van der Waals surface area contributed by atoms with Gasteiger partial charge in [-0.15, -0.1) is 11.3 Å². The molecule has 1 aromatic rings. The molecule has 96 valence electrons. The van der Waals surface area contributed by atoms with Gasteiger partial charge in [0.05, 0.1) is 4.83 Å². The van der Waals surface area contributed by atoms with E-state index in [1.54, 1.807) is 0 Å². The molecule has 0 aliphatic heterocycles. The van der Waals surface area contributed by atoms with E-state index in [-0.39, 0.29) is 0 Å². The fraction of sp³-hybridized carbons (Fsp3) is 0.714. The van der Waals surface area contributed by atoms with Gasteiger partial charge >= 0.3 is 0 Å². The third kappa shape index (κ3) is 3.81. The van der Waals surface area contributed by atoms with Crippen LogP contribution in [0.5, 0.6) is 0 Å². The number of hydrogen-bond donors (Lipinski definition) is 0. The minimum Gasteiger partial charge on any atom is -0.143 e. The van der Waals surface area contributed by atoms with Crippen molar-refractivity contribution in [3.05, 3.63) is 20.3 Å². The zero-order valence-electron chi connectivity index (χ0n) is 10.3. The molecule has 0 nitrogen and oxygen atoms in total. The summed E-state index contributed by atoms with van der Waals surface area (Å²) in [6, 6.07) is 2.25. The summed E-state index contributed by atoms with van der Waals surface area (Å²) in [7, 11) is 0. The molecule has 1 atom stereocenters. The van der Waals surface area contributed by atoms with E-state index in [9.17, 15) is 0 Å². The quantitative estimate of drug-likeness (QED) is 0.506. The SMILES string of the molecule is Cc1cc(Br)c(C(Br)C2CCCCCCC2)s1. The second kappa shape index (κ2) is 6.72. The molecule has 0 saturated heterocycles. The van der Waals surface area contributed by atoms with Gasteiger partial charge in [-0.25, -0.2) is 0 Å². The Bertz CT molecular complexity index is 351. The molecule has 3 heteroatoms. The van der Waals surface area contributed by atoms with Gasteiger partial charge in [-0.1, -0.05) is 48.0 Å². The van der Waals surface area contributed by atoms with E-state index < -0.39 is 0 Å². The maximum absolute atomic E-state index is 3.95. The van der Waals surface area contributed by atoms with Crippen LogP contribution >= 0.6 is 43.2 Å². The van der Waals surface area contributed by atoms with Gasteiger partial charge in [0.15, 0.2) is 0 Å².